The predicted molar refractivity (Wildman–Crippen MR) is 101 cm³/mol. The molecule has 0 aliphatic heterocycles. The Labute approximate surface area is 141 Å². The van der Waals surface area contributed by atoms with Crippen LogP contribution in [0, 0.1) is 11.5 Å². The molecule has 0 bridgehead atoms. The molecule has 1 rings (SSSR count). The van der Waals surface area contributed by atoms with Crippen LogP contribution in [0.2, 0.25) is 16.6 Å². The summed E-state index contributed by atoms with van der Waals surface area (Å²) in [6.45, 7) is 13.6. The summed E-state index contributed by atoms with van der Waals surface area (Å²) in [5.41, 5.74) is 8.40. The number of rotatable bonds is 5. The molecule has 1 N–H and O–H groups in total. The largest absolute Gasteiger partial charge is 0.271 e. The molecular formula is C19H28N2OSi. The standard InChI is InChI=1S/C19H28N2OSi/c1-15(2)23(16(3)4,17(5)6)14-10-13-20-21-19(22)18-11-8-7-9-12-18/h7-9,11-13,15-17H,1-6H3,(H,21,22)/b20-13+. The summed E-state index contributed by atoms with van der Waals surface area (Å²) in [6.07, 6.45) is 1.51. The topological polar surface area (TPSA) is 41.5 Å². The fraction of sp³-hybridized carbons (Fsp3) is 0.474. The minimum Gasteiger partial charge on any atom is -0.267 e. The number of hydrogen-bond acceptors (Lipinski definition) is 2. The van der Waals surface area contributed by atoms with Gasteiger partial charge in [0.15, 0.2) is 0 Å². The van der Waals surface area contributed by atoms with Gasteiger partial charge in [-0.3, -0.25) is 4.79 Å². The number of hydrazone groups is 1. The van der Waals surface area contributed by atoms with Gasteiger partial charge in [0.05, 0.1) is 6.21 Å². The lowest BCUT2D eigenvalue weighted by Crippen LogP contribution is -2.43. The van der Waals surface area contributed by atoms with Crippen molar-refractivity contribution in [2.24, 2.45) is 5.10 Å². The van der Waals surface area contributed by atoms with E-state index in [0.717, 1.165) is 0 Å². The average molecular weight is 329 g/mol. The number of nitrogens with zero attached hydrogens (tertiary/aromatic N) is 1. The van der Waals surface area contributed by atoms with Gasteiger partial charge in [-0.2, -0.15) is 5.10 Å². The first-order valence-corrected chi connectivity index (χ1v) is 10.4. The van der Waals surface area contributed by atoms with Gasteiger partial charge in [-0.1, -0.05) is 65.7 Å². The lowest BCUT2D eigenvalue weighted by Gasteiger charge is -2.37. The van der Waals surface area contributed by atoms with Crippen LogP contribution in [0.25, 0.3) is 0 Å². The van der Waals surface area contributed by atoms with Gasteiger partial charge in [-0.05, 0) is 28.8 Å². The number of hydrogen-bond donors (Lipinski definition) is 1. The predicted octanol–water partition coefficient (Wildman–Crippen LogP) is 4.62. The van der Waals surface area contributed by atoms with Crippen molar-refractivity contribution in [2.75, 3.05) is 0 Å². The monoisotopic (exact) mass is 328 g/mol. The summed E-state index contributed by atoms with van der Waals surface area (Å²) in [4.78, 5) is 11.9. The Morgan fingerprint density at radius 1 is 1.04 bits per heavy atom. The van der Waals surface area contributed by atoms with Crippen LogP contribution in [0.3, 0.4) is 0 Å². The molecule has 1 aromatic rings. The van der Waals surface area contributed by atoms with E-state index in [1.54, 1.807) is 12.1 Å². The Balaban J connectivity index is 2.80. The van der Waals surface area contributed by atoms with E-state index in [9.17, 15) is 4.79 Å². The number of amides is 1. The van der Waals surface area contributed by atoms with Gasteiger partial charge in [0.2, 0.25) is 0 Å². The summed E-state index contributed by atoms with van der Waals surface area (Å²) in [6, 6.07) is 9.04. The van der Waals surface area contributed by atoms with Gasteiger partial charge >= 0.3 is 0 Å². The molecule has 0 spiro atoms. The quantitative estimate of drug-likeness (QED) is 0.364. The zero-order chi connectivity index (χ0) is 17.5. The third-order valence-corrected chi connectivity index (χ3v) is 10.8. The van der Waals surface area contributed by atoms with Crippen molar-refractivity contribution in [3.8, 4) is 11.5 Å². The van der Waals surface area contributed by atoms with Gasteiger partial charge in [0.25, 0.3) is 5.91 Å². The minimum absolute atomic E-state index is 0.219. The summed E-state index contributed by atoms with van der Waals surface area (Å²) in [5.74, 6) is 2.86. The van der Waals surface area contributed by atoms with Crippen LogP contribution in [-0.4, -0.2) is 20.2 Å². The van der Waals surface area contributed by atoms with E-state index >= 15 is 0 Å². The molecule has 0 saturated carbocycles. The third kappa shape index (κ3) is 4.80. The van der Waals surface area contributed by atoms with E-state index in [-0.39, 0.29) is 5.91 Å². The Bertz CT molecular complexity index is 573. The molecule has 124 valence electrons. The number of carbonyl (C=O) groups is 1. The highest BCUT2D eigenvalue weighted by Crippen LogP contribution is 2.40. The van der Waals surface area contributed by atoms with E-state index in [1.807, 2.05) is 18.2 Å². The van der Waals surface area contributed by atoms with Crippen LogP contribution in [0.15, 0.2) is 35.4 Å². The molecule has 0 aromatic heterocycles. The molecule has 3 nitrogen and oxygen atoms in total. The molecule has 0 atom stereocenters. The van der Waals surface area contributed by atoms with E-state index in [1.165, 1.54) is 6.21 Å². The molecule has 0 aliphatic rings. The van der Waals surface area contributed by atoms with Crippen LogP contribution in [0.5, 0.6) is 0 Å². The zero-order valence-corrected chi connectivity index (χ0v) is 16.1. The Kier molecular flexibility index (Phi) is 7.25. The number of benzene rings is 1. The highest BCUT2D eigenvalue weighted by atomic mass is 28.3. The molecule has 0 saturated heterocycles. The van der Waals surface area contributed by atoms with Crippen LogP contribution >= 0.6 is 0 Å². The maximum absolute atomic E-state index is 11.9. The lowest BCUT2D eigenvalue weighted by molar-refractivity contribution is 0.0955. The van der Waals surface area contributed by atoms with Crippen molar-refractivity contribution in [3.63, 3.8) is 0 Å². The minimum atomic E-state index is -1.73. The first-order chi connectivity index (χ1) is 10.8. The van der Waals surface area contributed by atoms with Crippen LogP contribution in [-0.2, 0) is 0 Å². The molecular weight excluding hydrogens is 300 g/mol. The van der Waals surface area contributed by atoms with Gasteiger partial charge in [0.1, 0.15) is 8.07 Å². The van der Waals surface area contributed by atoms with Crippen molar-refractivity contribution in [1.82, 2.24) is 5.43 Å². The molecule has 1 aromatic carbocycles. The van der Waals surface area contributed by atoms with E-state index in [4.69, 9.17) is 0 Å². The van der Waals surface area contributed by atoms with Crippen molar-refractivity contribution >= 4 is 20.2 Å². The molecule has 0 aliphatic carbocycles. The van der Waals surface area contributed by atoms with Gasteiger partial charge in [-0.15, -0.1) is 5.54 Å². The SMILES string of the molecule is CC(C)[Si](C#C/C=N/NC(=O)c1ccccc1)(C(C)C)C(C)C. The van der Waals surface area contributed by atoms with Crippen molar-refractivity contribution in [3.05, 3.63) is 35.9 Å². The van der Waals surface area contributed by atoms with Crippen LogP contribution in [0.1, 0.15) is 51.9 Å². The molecule has 0 radical (unpaired) electrons. The normalized spacial score (nSPS) is 11.9. The molecule has 0 unspecified atom stereocenters. The summed E-state index contributed by atoms with van der Waals surface area (Å²) in [5, 5.41) is 3.95. The second-order valence-corrected chi connectivity index (χ2v) is 12.3. The van der Waals surface area contributed by atoms with Crippen molar-refractivity contribution in [2.45, 2.75) is 58.2 Å². The third-order valence-electron chi connectivity index (χ3n) is 4.49. The van der Waals surface area contributed by atoms with Gasteiger partial charge in [-0.25, -0.2) is 5.43 Å². The highest BCUT2D eigenvalue weighted by Gasteiger charge is 2.41. The second kappa shape index (κ2) is 8.69. The van der Waals surface area contributed by atoms with E-state index in [0.29, 0.717) is 22.2 Å². The van der Waals surface area contributed by atoms with E-state index in [2.05, 4.69) is 63.5 Å². The van der Waals surface area contributed by atoms with E-state index < -0.39 is 8.07 Å². The fourth-order valence-electron chi connectivity index (χ4n) is 3.37. The first kappa shape index (κ1) is 19.2. The van der Waals surface area contributed by atoms with Crippen LogP contribution < -0.4 is 5.43 Å². The first-order valence-electron chi connectivity index (χ1n) is 8.22. The zero-order valence-electron chi connectivity index (χ0n) is 15.1. The molecule has 4 heteroatoms. The Morgan fingerprint density at radius 2 is 1.57 bits per heavy atom. The Morgan fingerprint density at radius 3 is 2.04 bits per heavy atom. The average Bonchev–Trinajstić information content (AvgIpc) is 2.50. The van der Waals surface area contributed by atoms with Crippen molar-refractivity contribution in [1.29, 1.82) is 0 Å². The molecule has 0 heterocycles. The maximum Gasteiger partial charge on any atom is 0.271 e. The van der Waals surface area contributed by atoms with Crippen molar-refractivity contribution < 1.29 is 4.79 Å². The Hall–Kier alpha value is -1.86. The summed E-state index contributed by atoms with van der Waals surface area (Å²) < 4.78 is 0. The van der Waals surface area contributed by atoms with Gasteiger partial charge < -0.3 is 0 Å². The summed E-state index contributed by atoms with van der Waals surface area (Å²) in [7, 11) is -1.73. The fourth-order valence-corrected chi connectivity index (χ4v) is 8.55. The highest BCUT2D eigenvalue weighted by molar-refractivity contribution is 6.90. The maximum atomic E-state index is 11.9. The molecule has 23 heavy (non-hydrogen) atoms. The lowest BCUT2D eigenvalue weighted by atomic mass is 10.2. The van der Waals surface area contributed by atoms with Gasteiger partial charge in [0, 0.05) is 5.56 Å². The second-order valence-electron chi connectivity index (χ2n) is 6.73. The summed E-state index contributed by atoms with van der Waals surface area (Å²) >= 11 is 0. The smallest absolute Gasteiger partial charge is 0.267 e. The van der Waals surface area contributed by atoms with Crippen LogP contribution in [0.4, 0.5) is 0 Å². The number of nitrogens with one attached hydrogen (secondary N) is 1. The molecule has 1 amide bonds. The number of carbonyl (C=O) groups excluding carboxylic acids is 1. The molecule has 0 fully saturated rings.